The minimum Gasteiger partial charge on any atom is -0.393 e. The molecule has 1 heterocycles. The summed E-state index contributed by atoms with van der Waals surface area (Å²) in [5.74, 6) is -0.606. The van der Waals surface area contributed by atoms with Gasteiger partial charge in [-0.1, -0.05) is 0 Å². The van der Waals surface area contributed by atoms with Crippen molar-refractivity contribution in [1.29, 1.82) is 0 Å². The number of hydrogen-bond acceptors (Lipinski definition) is 4. The smallest absolute Gasteiger partial charge is 0.294 e. The first-order chi connectivity index (χ1) is 10.1. The zero-order chi connectivity index (χ0) is 16.8. The lowest BCUT2D eigenvalue weighted by Gasteiger charge is -2.21. The third-order valence-corrected chi connectivity index (χ3v) is 3.72. The van der Waals surface area contributed by atoms with E-state index >= 15 is 0 Å². The van der Waals surface area contributed by atoms with Gasteiger partial charge in [0.15, 0.2) is 6.17 Å². The van der Waals surface area contributed by atoms with Gasteiger partial charge in [0, 0.05) is 6.07 Å². The van der Waals surface area contributed by atoms with Crippen LogP contribution >= 0.6 is 0 Å². The molecule has 0 aliphatic carbocycles. The summed E-state index contributed by atoms with van der Waals surface area (Å²) in [6.07, 6.45) is -5.79. The molecule has 1 aliphatic rings. The van der Waals surface area contributed by atoms with E-state index in [2.05, 4.69) is 0 Å². The summed E-state index contributed by atoms with van der Waals surface area (Å²) in [7, 11) is 0. The summed E-state index contributed by atoms with van der Waals surface area (Å²) in [5, 5.41) is 10.9. The molecule has 1 aromatic rings. The zero-order valence-electron chi connectivity index (χ0n) is 11.8. The maximum Gasteiger partial charge on any atom is 0.294 e. The Morgan fingerprint density at radius 1 is 1.36 bits per heavy atom. The predicted octanol–water partition coefficient (Wildman–Crippen LogP) is 2.40. The van der Waals surface area contributed by atoms with Crippen molar-refractivity contribution < 1.29 is 22.9 Å². The van der Waals surface area contributed by atoms with Crippen LogP contribution < -0.4 is 10.6 Å². The van der Waals surface area contributed by atoms with Crippen LogP contribution in [0.3, 0.4) is 0 Å². The van der Waals surface area contributed by atoms with Gasteiger partial charge in [0.1, 0.15) is 5.69 Å². The first-order valence-electron chi connectivity index (χ1n) is 6.40. The Kier molecular flexibility index (Phi) is 3.76. The number of nitrogens with zero attached hydrogens (tertiary/aromatic N) is 2. The zero-order valence-corrected chi connectivity index (χ0v) is 11.8. The van der Waals surface area contributed by atoms with Crippen LogP contribution in [-0.2, 0) is 10.2 Å². The molecule has 1 atom stereocenters. The summed E-state index contributed by atoms with van der Waals surface area (Å²) in [6, 6.07) is 2.29. The highest BCUT2D eigenvalue weighted by Gasteiger charge is 2.46. The number of fused-ring (bicyclic) bond motifs is 1. The molecule has 0 bridgehead atoms. The van der Waals surface area contributed by atoms with E-state index in [0.29, 0.717) is 5.56 Å². The second kappa shape index (κ2) is 5.15. The normalized spacial score (nSPS) is 17.7. The van der Waals surface area contributed by atoms with E-state index in [1.165, 1.54) is 19.9 Å². The molecule has 0 saturated carbocycles. The topological polar surface area (TPSA) is 89.5 Å². The van der Waals surface area contributed by atoms with Gasteiger partial charge in [-0.05, 0) is 25.5 Å². The molecule has 0 aromatic heterocycles. The summed E-state index contributed by atoms with van der Waals surface area (Å²) in [4.78, 5) is 23.3. The molecule has 0 saturated heterocycles. The molecule has 120 valence electrons. The number of alkyl halides is 3. The van der Waals surface area contributed by atoms with Crippen molar-refractivity contribution in [3.63, 3.8) is 0 Å². The molecule has 2 rings (SSSR count). The van der Waals surface area contributed by atoms with E-state index < -0.39 is 41.1 Å². The van der Waals surface area contributed by atoms with Crippen molar-refractivity contribution in [2.45, 2.75) is 31.9 Å². The molecule has 1 unspecified atom stereocenters. The minimum atomic E-state index is -3.25. The summed E-state index contributed by atoms with van der Waals surface area (Å²) in [5.41, 5.74) is 4.26. The van der Waals surface area contributed by atoms with Crippen LogP contribution in [0.15, 0.2) is 12.1 Å². The molecule has 22 heavy (non-hydrogen) atoms. The second-order valence-corrected chi connectivity index (χ2v) is 5.58. The summed E-state index contributed by atoms with van der Waals surface area (Å²) >= 11 is 0. The van der Waals surface area contributed by atoms with E-state index in [9.17, 15) is 28.1 Å². The maximum atomic E-state index is 13.3. The number of carbonyl (C=O) groups excluding carboxylic acids is 1. The van der Waals surface area contributed by atoms with Crippen LogP contribution in [0.5, 0.6) is 0 Å². The van der Waals surface area contributed by atoms with Crippen molar-refractivity contribution in [2.24, 2.45) is 0 Å². The molecule has 1 aromatic carbocycles. The molecule has 1 aliphatic heterocycles. The van der Waals surface area contributed by atoms with Gasteiger partial charge in [-0.15, -0.1) is 0 Å². The van der Waals surface area contributed by atoms with Gasteiger partial charge >= 0.3 is 0 Å². The Morgan fingerprint density at radius 3 is 2.45 bits per heavy atom. The molecule has 9 heteroatoms. The average molecular weight is 317 g/mol. The molecule has 0 spiro atoms. The second-order valence-electron chi connectivity index (χ2n) is 5.58. The predicted molar refractivity (Wildman–Crippen MR) is 73.8 cm³/mol. The van der Waals surface area contributed by atoms with Gasteiger partial charge < -0.3 is 10.6 Å². The third kappa shape index (κ3) is 2.36. The number of nitro groups is 1. The molecule has 6 nitrogen and oxygen atoms in total. The average Bonchev–Trinajstić information content (AvgIpc) is 2.59. The highest BCUT2D eigenvalue weighted by atomic mass is 19.3. The number of hydrogen-bond donors (Lipinski definition) is 1. The summed E-state index contributed by atoms with van der Waals surface area (Å²) in [6.45, 7) is 2.18. The molecule has 0 radical (unpaired) electrons. The number of amides is 1. The molecule has 0 fully saturated rings. The van der Waals surface area contributed by atoms with Crippen molar-refractivity contribution in [3.8, 4) is 0 Å². The number of anilines is 2. The van der Waals surface area contributed by atoms with Crippen LogP contribution in [0.25, 0.3) is 0 Å². The number of benzene rings is 1. The number of nitrogens with two attached hydrogens (primary N) is 1. The number of nitrogen functional groups attached to an aromatic ring is 1. The molecular weight excluding hydrogens is 303 g/mol. The van der Waals surface area contributed by atoms with Gasteiger partial charge in [0.05, 0.1) is 22.6 Å². The Hall–Kier alpha value is -2.32. The van der Waals surface area contributed by atoms with Crippen molar-refractivity contribution in [3.05, 3.63) is 27.8 Å². The SMILES string of the molecule is CC1(C)C(=O)N(CC(F)C(F)F)c2cc([N+](=O)[O-])c(N)cc21. The number of halogens is 3. The minimum absolute atomic E-state index is 0.0409. The van der Waals surface area contributed by atoms with E-state index in [-0.39, 0.29) is 11.4 Å². The molecule has 2 N–H and O–H groups in total. The van der Waals surface area contributed by atoms with E-state index in [4.69, 9.17) is 5.73 Å². The van der Waals surface area contributed by atoms with Gasteiger partial charge in [-0.25, -0.2) is 13.2 Å². The van der Waals surface area contributed by atoms with E-state index in [0.717, 1.165) is 11.0 Å². The van der Waals surface area contributed by atoms with Crippen molar-refractivity contribution >= 4 is 23.0 Å². The Labute approximate surface area is 123 Å². The Morgan fingerprint density at radius 2 is 1.95 bits per heavy atom. The number of nitro benzene ring substituents is 1. The van der Waals surface area contributed by atoms with Crippen LogP contribution in [0.2, 0.25) is 0 Å². The largest absolute Gasteiger partial charge is 0.393 e. The van der Waals surface area contributed by atoms with Crippen LogP contribution in [0.1, 0.15) is 19.4 Å². The van der Waals surface area contributed by atoms with Gasteiger partial charge in [0.25, 0.3) is 12.1 Å². The maximum absolute atomic E-state index is 13.3. The van der Waals surface area contributed by atoms with Crippen LogP contribution in [0.4, 0.5) is 30.2 Å². The Bertz CT molecular complexity index is 649. The van der Waals surface area contributed by atoms with Crippen molar-refractivity contribution in [2.75, 3.05) is 17.2 Å². The fourth-order valence-corrected chi connectivity index (χ4v) is 2.47. The monoisotopic (exact) mass is 317 g/mol. The summed E-state index contributed by atoms with van der Waals surface area (Å²) < 4.78 is 38.1. The highest BCUT2D eigenvalue weighted by molar-refractivity contribution is 6.08. The first-order valence-corrected chi connectivity index (χ1v) is 6.40. The highest BCUT2D eigenvalue weighted by Crippen LogP contribution is 2.45. The lowest BCUT2D eigenvalue weighted by atomic mass is 9.86. The standard InChI is InChI=1S/C13H14F3N3O3/c1-13(2)6-3-8(17)10(19(21)22)4-9(6)18(12(13)20)5-7(14)11(15)16/h3-4,7,11H,5,17H2,1-2H3. The van der Waals surface area contributed by atoms with E-state index in [1.54, 1.807) is 0 Å². The molecule has 1 amide bonds. The first kappa shape index (κ1) is 16.1. The van der Waals surface area contributed by atoms with Crippen molar-refractivity contribution in [1.82, 2.24) is 0 Å². The van der Waals surface area contributed by atoms with Gasteiger partial charge in [-0.3, -0.25) is 14.9 Å². The van der Waals surface area contributed by atoms with Gasteiger partial charge in [0.2, 0.25) is 5.91 Å². The number of carbonyl (C=O) groups is 1. The Balaban J connectivity index is 2.55. The fraction of sp³-hybridized carbons (Fsp3) is 0.462. The third-order valence-electron chi connectivity index (χ3n) is 3.72. The molecular formula is C13H14F3N3O3. The van der Waals surface area contributed by atoms with Gasteiger partial charge in [-0.2, -0.15) is 0 Å². The van der Waals surface area contributed by atoms with Crippen LogP contribution in [0, 0.1) is 10.1 Å². The number of rotatable bonds is 4. The lowest BCUT2D eigenvalue weighted by Crippen LogP contribution is -2.41. The fourth-order valence-electron chi connectivity index (χ4n) is 2.47. The quantitative estimate of drug-likeness (QED) is 0.524. The lowest BCUT2D eigenvalue weighted by molar-refractivity contribution is -0.383. The van der Waals surface area contributed by atoms with E-state index in [1.807, 2.05) is 0 Å². The van der Waals surface area contributed by atoms with Crippen LogP contribution in [-0.4, -0.2) is 30.0 Å².